The summed E-state index contributed by atoms with van der Waals surface area (Å²) in [5.74, 6) is -1.35. The van der Waals surface area contributed by atoms with Gasteiger partial charge >= 0.3 is 6.18 Å². The van der Waals surface area contributed by atoms with Gasteiger partial charge in [-0.3, -0.25) is 29.6 Å². The first kappa shape index (κ1) is 35.0. The molecule has 0 radical (unpaired) electrons. The number of benzene rings is 2. The maximum absolute atomic E-state index is 13.7. The maximum atomic E-state index is 13.7. The van der Waals surface area contributed by atoms with E-state index in [1.54, 1.807) is 17.0 Å². The molecule has 1 atom stereocenters. The van der Waals surface area contributed by atoms with Crippen molar-refractivity contribution >= 4 is 56.8 Å². The maximum Gasteiger partial charge on any atom is 0.421 e. The highest BCUT2D eigenvalue weighted by Crippen LogP contribution is 2.35. The Morgan fingerprint density at radius 3 is 2.58 bits per heavy atom. The zero-order valence-electron chi connectivity index (χ0n) is 29.7. The zero-order chi connectivity index (χ0) is 38.1. The lowest BCUT2D eigenvalue weighted by molar-refractivity contribution is -0.138. The number of anilines is 4. The molecule has 12 nitrogen and oxygen atoms in total. The number of alkyl halides is 3. The number of hydrogen-bond donors (Lipinski definition) is 3. The van der Waals surface area contributed by atoms with Crippen molar-refractivity contribution < 1.29 is 28.9 Å². The minimum absolute atomic E-state index is 0.00682. The molecule has 2 saturated heterocycles. The van der Waals surface area contributed by atoms with Crippen molar-refractivity contribution in [2.75, 3.05) is 35.7 Å². The van der Waals surface area contributed by atoms with Crippen LogP contribution in [0.3, 0.4) is 0 Å². The van der Waals surface area contributed by atoms with Crippen molar-refractivity contribution in [3.63, 3.8) is 0 Å². The summed E-state index contributed by atoms with van der Waals surface area (Å²) in [6.07, 6.45) is -0.144. The first-order valence-electron chi connectivity index (χ1n) is 17.7. The lowest BCUT2D eigenvalue weighted by atomic mass is 10.0. The third-order valence-electron chi connectivity index (χ3n) is 9.89. The molecule has 2 aromatic carbocycles. The van der Waals surface area contributed by atoms with E-state index in [1.807, 2.05) is 36.4 Å². The molecule has 0 spiro atoms. The lowest BCUT2D eigenvalue weighted by Gasteiger charge is -2.38. The molecule has 3 amide bonds. The van der Waals surface area contributed by atoms with E-state index in [9.17, 15) is 27.6 Å². The Morgan fingerprint density at radius 1 is 1.09 bits per heavy atom. The second kappa shape index (κ2) is 15.1. The van der Waals surface area contributed by atoms with E-state index >= 15 is 0 Å². The van der Waals surface area contributed by atoms with Gasteiger partial charge in [0.2, 0.25) is 17.8 Å². The van der Waals surface area contributed by atoms with Gasteiger partial charge in [-0.25, -0.2) is 4.98 Å². The number of halogens is 4. The molecule has 5 heterocycles. The number of rotatable bonds is 10. The standard InChI is InChI=1S/C37H37BrF3N9O3/c1-48(20-24-15-23-21-50(35(53)28(23)16-30(24)38)31-8-9-32(51)46-34(31)52)26-10-13-49(14-11-26)27-6-4-25(5-7-27)45-36-44-19-29(37(39,40)41)33(47-36)43-18-22-3-2-12-42-17-22/h2-7,12,15-17,19,26,31H,8-11,13-14,18,20-21H2,1H3,(H,46,51,52)(H2,43,44,45,47)/i17D. The molecule has 4 aromatic rings. The van der Waals surface area contributed by atoms with Crippen LogP contribution in [0.15, 0.2) is 71.6 Å². The van der Waals surface area contributed by atoms with Gasteiger partial charge in [0.15, 0.2) is 0 Å². The van der Waals surface area contributed by atoms with Gasteiger partial charge in [0.1, 0.15) is 17.4 Å². The van der Waals surface area contributed by atoms with Crippen molar-refractivity contribution in [3.8, 4) is 0 Å². The first-order chi connectivity index (χ1) is 25.8. The highest BCUT2D eigenvalue weighted by Gasteiger charge is 2.40. The number of pyridine rings is 1. The van der Waals surface area contributed by atoms with Gasteiger partial charge in [0.05, 0.1) is 1.37 Å². The Morgan fingerprint density at radius 2 is 1.87 bits per heavy atom. The molecule has 0 saturated carbocycles. The van der Waals surface area contributed by atoms with Gasteiger partial charge in [-0.2, -0.15) is 18.2 Å². The monoisotopic (exact) mass is 792 g/mol. The highest BCUT2D eigenvalue weighted by atomic mass is 79.9. The minimum atomic E-state index is -4.67. The van der Waals surface area contributed by atoms with E-state index in [1.165, 1.54) is 6.20 Å². The summed E-state index contributed by atoms with van der Waals surface area (Å²) in [4.78, 5) is 55.3. The summed E-state index contributed by atoms with van der Waals surface area (Å²) in [5.41, 5.74) is 3.54. The Balaban J connectivity index is 0.937. The van der Waals surface area contributed by atoms with Crippen LogP contribution in [0.1, 0.15) is 59.7 Å². The Hall–Kier alpha value is -5.09. The molecule has 1 unspecified atom stereocenters. The molecule has 16 heteroatoms. The van der Waals surface area contributed by atoms with Crippen molar-refractivity contribution in [1.82, 2.24) is 30.1 Å². The molecular weight excluding hydrogens is 755 g/mol. The van der Waals surface area contributed by atoms with E-state index in [-0.39, 0.29) is 36.9 Å². The molecule has 2 aromatic heterocycles. The number of nitrogens with zero attached hydrogens (tertiary/aromatic N) is 6. The van der Waals surface area contributed by atoms with Crippen LogP contribution in [0.4, 0.5) is 36.3 Å². The van der Waals surface area contributed by atoms with Crippen molar-refractivity contribution in [2.45, 2.75) is 63.6 Å². The average Bonchev–Trinajstić information content (AvgIpc) is 3.45. The van der Waals surface area contributed by atoms with Gasteiger partial charge < -0.3 is 20.4 Å². The van der Waals surface area contributed by atoms with Gasteiger partial charge in [-0.15, -0.1) is 0 Å². The number of fused-ring (bicyclic) bond motifs is 1. The van der Waals surface area contributed by atoms with E-state index in [2.05, 4.69) is 63.7 Å². The molecule has 3 aliphatic rings. The molecule has 7 rings (SSSR count). The normalized spacial score (nSPS) is 18.3. The van der Waals surface area contributed by atoms with Crippen LogP contribution in [0.5, 0.6) is 0 Å². The van der Waals surface area contributed by atoms with Crippen LogP contribution >= 0.6 is 15.9 Å². The van der Waals surface area contributed by atoms with Crippen LogP contribution in [0.2, 0.25) is 0 Å². The zero-order valence-corrected chi connectivity index (χ0v) is 30.3. The molecule has 0 aliphatic carbocycles. The van der Waals surface area contributed by atoms with Crippen LogP contribution in [-0.4, -0.2) is 74.7 Å². The molecule has 276 valence electrons. The third-order valence-corrected chi connectivity index (χ3v) is 10.6. The number of imide groups is 1. The Labute approximate surface area is 313 Å². The molecule has 3 aliphatic heterocycles. The van der Waals surface area contributed by atoms with Crippen LogP contribution in [0, 0.1) is 0 Å². The van der Waals surface area contributed by atoms with Crippen molar-refractivity contribution in [3.05, 3.63) is 99.4 Å². The molecule has 2 fully saturated rings. The SMILES string of the molecule is [2H]c1ncccc1CNc1nc(Nc2ccc(N3CCC(N(C)Cc4cc5c(cc4Br)C(=O)N(C4CCC(=O)NC4=O)C5)CC3)cc2)ncc1C(F)(F)F. The van der Waals surface area contributed by atoms with Gasteiger partial charge in [-0.1, -0.05) is 28.1 Å². The van der Waals surface area contributed by atoms with Crippen molar-refractivity contribution in [1.29, 1.82) is 0 Å². The Kier molecular flexibility index (Phi) is 9.96. The number of carbonyl (C=O) groups excluding carboxylic acids is 3. The van der Waals surface area contributed by atoms with Gasteiger partial charge in [0, 0.05) is 85.2 Å². The molecule has 0 bridgehead atoms. The third kappa shape index (κ3) is 8.13. The number of carbonyl (C=O) groups is 3. The number of hydrogen-bond acceptors (Lipinski definition) is 10. The van der Waals surface area contributed by atoms with Crippen LogP contribution in [-0.2, 0) is 35.4 Å². The second-order valence-electron chi connectivity index (χ2n) is 13.4. The summed E-state index contributed by atoms with van der Waals surface area (Å²) in [6.45, 7) is 2.60. The van der Waals surface area contributed by atoms with Gasteiger partial charge in [-0.05, 0) is 79.4 Å². The summed E-state index contributed by atoms with van der Waals surface area (Å²) >= 11 is 3.67. The quantitative estimate of drug-likeness (QED) is 0.168. The summed E-state index contributed by atoms with van der Waals surface area (Å²) in [6, 6.07) is 14.3. The number of piperidine rings is 2. The minimum Gasteiger partial charge on any atom is -0.371 e. The molecular formula is C37H37BrF3N9O3. The summed E-state index contributed by atoms with van der Waals surface area (Å²) in [5, 5.41) is 8.03. The van der Waals surface area contributed by atoms with Gasteiger partial charge in [0.25, 0.3) is 5.91 Å². The first-order valence-corrected chi connectivity index (χ1v) is 18.0. The lowest BCUT2D eigenvalue weighted by Crippen LogP contribution is -2.52. The molecule has 3 N–H and O–H groups in total. The predicted molar refractivity (Wildman–Crippen MR) is 195 cm³/mol. The summed E-state index contributed by atoms with van der Waals surface area (Å²) in [7, 11) is 2.09. The molecule has 53 heavy (non-hydrogen) atoms. The topological polar surface area (TPSA) is 136 Å². The Bertz CT molecular complexity index is 2080. The fourth-order valence-electron chi connectivity index (χ4n) is 7.03. The predicted octanol–water partition coefficient (Wildman–Crippen LogP) is 5.87. The largest absolute Gasteiger partial charge is 0.421 e. The van der Waals surface area contributed by atoms with Crippen LogP contribution in [0.25, 0.3) is 0 Å². The summed E-state index contributed by atoms with van der Waals surface area (Å²) < 4.78 is 49.9. The number of nitrogens with one attached hydrogen (secondary N) is 3. The van der Waals surface area contributed by atoms with E-state index < -0.39 is 29.5 Å². The fourth-order valence-corrected chi connectivity index (χ4v) is 7.50. The average molecular weight is 794 g/mol. The fraction of sp³-hybridized carbons (Fsp3) is 0.351. The smallest absolute Gasteiger partial charge is 0.371 e. The van der Waals surface area contributed by atoms with E-state index in [0.717, 1.165) is 53.4 Å². The second-order valence-corrected chi connectivity index (χ2v) is 14.2. The van der Waals surface area contributed by atoms with Crippen LogP contribution < -0.4 is 20.9 Å². The van der Waals surface area contributed by atoms with E-state index in [0.29, 0.717) is 42.4 Å². The number of aromatic nitrogens is 3. The highest BCUT2D eigenvalue weighted by molar-refractivity contribution is 9.10. The van der Waals surface area contributed by atoms with E-state index in [4.69, 9.17) is 1.37 Å². The van der Waals surface area contributed by atoms with Crippen molar-refractivity contribution in [2.24, 2.45) is 0 Å². The number of amides is 3.